The first kappa shape index (κ1) is 17.3. The predicted molar refractivity (Wildman–Crippen MR) is 90.5 cm³/mol. The molecule has 128 valence electrons. The van der Waals surface area contributed by atoms with Crippen LogP contribution in [0.15, 0.2) is 22.0 Å². The molecule has 0 aliphatic carbocycles. The van der Waals surface area contributed by atoms with E-state index in [9.17, 15) is 14.0 Å². The number of halogens is 2. The van der Waals surface area contributed by atoms with E-state index < -0.39 is 17.2 Å². The lowest BCUT2D eigenvalue weighted by Crippen LogP contribution is -2.24. The maximum absolute atomic E-state index is 13.9. The van der Waals surface area contributed by atoms with Gasteiger partial charge < -0.3 is 14.0 Å². The van der Waals surface area contributed by atoms with Crippen LogP contribution in [-0.2, 0) is 9.47 Å². The third kappa shape index (κ3) is 2.70. The number of rotatable bonds is 4. The lowest BCUT2D eigenvalue weighted by molar-refractivity contribution is 0.0295. The molecule has 8 heteroatoms. The number of carbonyl (C=O) groups excluding carboxylic acids is 1. The molecule has 0 bridgehead atoms. The second kappa shape index (κ2) is 6.74. The van der Waals surface area contributed by atoms with Crippen molar-refractivity contribution in [1.82, 2.24) is 4.57 Å². The number of esters is 1. The summed E-state index contributed by atoms with van der Waals surface area (Å²) in [5.74, 6) is -0.892. The van der Waals surface area contributed by atoms with Crippen molar-refractivity contribution in [3.8, 4) is 0 Å². The molecule has 3 rings (SSSR count). The van der Waals surface area contributed by atoms with Crippen molar-refractivity contribution in [2.24, 2.45) is 0 Å². The average molecular weight is 372 g/mol. The molecule has 2 heterocycles. The van der Waals surface area contributed by atoms with Gasteiger partial charge in [-0.05, 0) is 26.0 Å². The summed E-state index contributed by atoms with van der Waals surface area (Å²) in [5, 5.41) is 0.454. The van der Waals surface area contributed by atoms with Gasteiger partial charge in [-0.3, -0.25) is 4.79 Å². The molecule has 0 spiro atoms. The molecule has 1 unspecified atom stereocenters. The number of benzene rings is 1. The maximum atomic E-state index is 13.9. The Bertz CT molecular complexity index is 883. The van der Waals surface area contributed by atoms with E-state index in [4.69, 9.17) is 21.1 Å². The Morgan fingerprint density at radius 1 is 1.42 bits per heavy atom. The zero-order valence-electron chi connectivity index (χ0n) is 13.1. The van der Waals surface area contributed by atoms with E-state index in [1.54, 1.807) is 11.5 Å². The van der Waals surface area contributed by atoms with Crippen LogP contribution in [0.25, 0.3) is 10.9 Å². The van der Waals surface area contributed by atoms with Gasteiger partial charge in [0.1, 0.15) is 17.6 Å². The zero-order chi connectivity index (χ0) is 17.4. The Morgan fingerprint density at radius 2 is 2.17 bits per heavy atom. The van der Waals surface area contributed by atoms with Gasteiger partial charge in [-0.25, -0.2) is 9.18 Å². The van der Waals surface area contributed by atoms with Crippen molar-refractivity contribution in [3.05, 3.63) is 38.8 Å². The fourth-order valence-electron chi connectivity index (χ4n) is 2.73. The van der Waals surface area contributed by atoms with E-state index in [-0.39, 0.29) is 28.8 Å². The van der Waals surface area contributed by atoms with Crippen LogP contribution >= 0.6 is 23.4 Å². The molecule has 1 aromatic carbocycles. The average Bonchev–Trinajstić information content (AvgIpc) is 2.94. The van der Waals surface area contributed by atoms with E-state index in [0.29, 0.717) is 22.9 Å². The summed E-state index contributed by atoms with van der Waals surface area (Å²) in [6.07, 6.45) is -0.368. The van der Waals surface area contributed by atoms with Gasteiger partial charge in [-0.1, -0.05) is 11.6 Å². The molecule has 2 aromatic rings. The number of carbonyl (C=O) groups is 1. The molecule has 24 heavy (non-hydrogen) atoms. The monoisotopic (exact) mass is 371 g/mol. The standard InChI is InChI=1S/C16H15ClFNO4S/c1-3-22-12-7-24-15-13(16(21)23-4-2)14(20)8-5-10(18)9(17)6-11(8)19(12)15/h5-6,12H,3-4,7H2,1-2H3. The summed E-state index contributed by atoms with van der Waals surface area (Å²) >= 11 is 7.23. The topological polar surface area (TPSA) is 57.5 Å². The first-order valence-corrected chi connectivity index (χ1v) is 8.84. The summed E-state index contributed by atoms with van der Waals surface area (Å²) < 4.78 is 26.3. The highest BCUT2D eigenvalue weighted by Crippen LogP contribution is 2.39. The summed E-state index contributed by atoms with van der Waals surface area (Å²) in [5.41, 5.74) is -0.203. The first-order chi connectivity index (χ1) is 11.5. The number of nitrogens with zero attached hydrogens (tertiary/aromatic N) is 1. The molecule has 0 fully saturated rings. The van der Waals surface area contributed by atoms with Crippen molar-refractivity contribution in [3.63, 3.8) is 0 Å². The van der Waals surface area contributed by atoms with Gasteiger partial charge in [0.2, 0.25) is 5.43 Å². The molecule has 0 saturated carbocycles. The minimum Gasteiger partial charge on any atom is -0.462 e. The number of fused-ring (bicyclic) bond motifs is 3. The van der Waals surface area contributed by atoms with Crippen molar-refractivity contribution in [2.75, 3.05) is 19.0 Å². The predicted octanol–water partition coefficient (Wildman–Crippen LogP) is 3.61. The smallest absolute Gasteiger partial charge is 0.344 e. The third-order valence-electron chi connectivity index (χ3n) is 3.69. The molecule has 1 aliphatic heterocycles. The number of hydrogen-bond donors (Lipinski definition) is 0. The van der Waals surface area contributed by atoms with Crippen LogP contribution in [0.1, 0.15) is 30.4 Å². The van der Waals surface area contributed by atoms with Crippen LogP contribution in [0.3, 0.4) is 0 Å². The molecule has 0 N–H and O–H groups in total. The molecule has 1 aliphatic rings. The third-order valence-corrected chi connectivity index (χ3v) is 5.11. The Kier molecular flexibility index (Phi) is 4.85. The molecular formula is C16H15ClFNO4S. The highest BCUT2D eigenvalue weighted by Gasteiger charge is 2.32. The fourth-order valence-corrected chi connectivity index (χ4v) is 4.11. The lowest BCUT2D eigenvalue weighted by atomic mass is 10.1. The van der Waals surface area contributed by atoms with Crippen molar-refractivity contribution < 1.29 is 18.7 Å². The minimum atomic E-state index is -0.715. The Balaban J connectivity index is 2.38. The van der Waals surface area contributed by atoms with Gasteiger partial charge in [0.25, 0.3) is 0 Å². The molecule has 5 nitrogen and oxygen atoms in total. The van der Waals surface area contributed by atoms with E-state index >= 15 is 0 Å². The van der Waals surface area contributed by atoms with Crippen molar-refractivity contribution in [1.29, 1.82) is 0 Å². The van der Waals surface area contributed by atoms with Crippen LogP contribution in [0.2, 0.25) is 5.02 Å². The van der Waals surface area contributed by atoms with Gasteiger partial charge in [0, 0.05) is 17.7 Å². The number of hydrogen-bond acceptors (Lipinski definition) is 5. The van der Waals surface area contributed by atoms with Crippen LogP contribution < -0.4 is 5.43 Å². The van der Waals surface area contributed by atoms with Gasteiger partial charge in [-0.15, -0.1) is 11.8 Å². The van der Waals surface area contributed by atoms with Crippen LogP contribution in [0, 0.1) is 5.82 Å². The quantitative estimate of drug-likeness (QED) is 0.768. The highest BCUT2D eigenvalue weighted by atomic mass is 35.5. The lowest BCUT2D eigenvalue weighted by Gasteiger charge is -2.19. The summed E-state index contributed by atoms with van der Waals surface area (Å²) in [4.78, 5) is 25.0. The number of pyridine rings is 1. The zero-order valence-corrected chi connectivity index (χ0v) is 14.7. The Hall–Kier alpha value is -1.57. The summed E-state index contributed by atoms with van der Waals surface area (Å²) in [7, 11) is 0. The number of aromatic nitrogens is 1. The Morgan fingerprint density at radius 3 is 2.83 bits per heavy atom. The van der Waals surface area contributed by atoms with Crippen LogP contribution in [0.5, 0.6) is 0 Å². The SMILES string of the molecule is CCOC(=O)c1c2n(c3cc(Cl)c(F)cc3c1=O)C(OCC)CS2. The molecule has 0 radical (unpaired) electrons. The van der Waals surface area contributed by atoms with Crippen molar-refractivity contribution in [2.45, 2.75) is 25.1 Å². The highest BCUT2D eigenvalue weighted by molar-refractivity contribution is 7.99. The molecule has 0 amide bonds. The van der Waals surface area contributed by atoms with E-state index in [1.165, 1.54) is 17.8 Å². The summed E-state index contributed by atoms with van der Waals surface area (Å²) in [6, 6.07) is 2.45. The van der Waals surface area contributed by atoms with Gasteiger partial charge in [0.05, 0.1) is 22.2 Å². The van der Waals surface area contributed by atoms with E-state index in [2.05, 4.69) is 0 Å². The number of ether oxygens (including phenoxy) is 2. The fraction of sp³-hybridized carbons (Fsp3) is 0.375. The number of thioether (sulfide) groups is 1. The second-order valence-corrected chi connectivity index (χ2v) is 6.52. The first-order valence-electron chi connectivity index (χ1n) is 7.48. The molecule has 0 saturated heterocycles. The maximum Gasteiger partial charge on any atom is 0.344 e. The van der Waals surface area contributed by atoms with Crippen LogP contribution in [0.4, 0.5) is 4.39 Å². The molecule has 1 aromatic heterocycles. The van der Waals surface area contributed by atoms with E-state index in [1.807, 2.05) is 6.92 Å². The van der Waals surface area contributed by atoms with Gasteiger partial charge in [0.15, 0.2) is 0 Å². The Labute approximate surface area is 146 Å². The summed E-state index contributed by atoms with van der Waals surface area (Å²) in [6.45, 7) is 4.12. The minimum absolute atomic E-state index is 0.0795. The van der Waals surface area contributed by atoms with Crippen molar-refractivity contribution >= 4 is 40.2 Å². The second-order valence-electron chi connectivity index (χ2n) is 5.10. The van der Waals surface area contributed by atoms with Crippen LogP contribution in [-0.4, -0.2) is 29.5 Å². The van der Waals surface area contributed by atoms with E-state index in [0.717, 1.165) is 6.07 Å². The van der Waals surface area contributed by atoms with Gasteiger partial charge in [-0.2, -0.15) is 0 Å². The molecule has 1 atom stereocenters. The molecular weight excluding hydrogens is 357 g/mol. The normalized spacial score (nSPS) is 16.4. The van der Waals surface area contributed by atoms with Gasteiger partial charge >= 0.3 is 5.97 Å². The largest absolute Gasteiger partial charge is 0.462 e.